The summed E-state index contributed by atoms with van der Waals surface area (Å²) >= 11 is 0. The van der Waals surface area contributed by atoms with Gasteiger partial charge in [-0.25, -0.2) is 0 Å². The van der Waals surface area contributed by atoms with Crippen LogP contribution in [0, 0.1) is 0 Å². The first-order chi connectivity index (χ1) is 8.65. The van der Waals surface area contributed by atoms with Crippen molar-refractivity contribution in [1.82, 2.24) is 0 Å². The van der Waals surface area contributed by atoms with Gasteiger partial charge in [0.05, 0.1) is 0 Å². The van der Waals surface area contributed by atoms with Crippen molar-refractivity contribution >= 4 is 6.08 Å². The largest absolute Gasteiger partial charge is 0.330 e. The van der Waals surface area contributed by atoms with Crippen LogP contribution in [-0.4, -0.2) is 18.6 Å². The summed E-state index contributed by atoms with van der Waals surface area (Å²) in [7, 11) is 0. The lowest BCUT2D eigenvalue weighted by Gasteiger charge is -2.15. The lowest BCUT2D eigenvalue weighted by Crippen LogP contribution is -2.29. The summed E-state index contributed by atoms with van der Waals surface area (Å²) < 4.78 is 0. The molecule has 0 heterocycles. The van der Waals surface area contributed by atoms with Gasteiger partial charge in [-0.1, -0.05) is 36.9 Å². The van der Waals surface area contributed by atoms with Crippen molar-refractivity contribution in [3.8, 4) is 0 Å². The van der Waals surface area contributed by atoms with Gasteiger partial charge < -0.3 is 17.2 Å². The van der Waals surface area contributed by atoms with Crippen molar-refractivity contribution in [2.45, 2.75) is 37.8 Å². The maximum Gasteiger partial charge on any atom is 0.00798 e. The van der Waals surface area contributed by atoms with E-state index in [0.717, 1.165) is 31.2 Å². The zero-order valence-corrected chi connectivity index (χ0v) is 11.0. The minimum Gasteiger partial charge on any atom is -0.330 e. The summed E-state index contributed by atoms with van der Waals surface area (Å²) in [6.45, 7) is 4.39. The monoisotopic (exact) mass is 247 g/mol. The molecular formula is C15H25N3. The molecule has 100 valence electrons. The second-order valence-electron chi connectivity index (χ2n) is 4.82. The quantitative estimate of drug-likeness (QED) is 0.653. The lowest BCUT2D eigenvalue weighted by atomic mass is 9.98. The summed E-state index contributed by atoms with van der Waals surface area (Å²) in [6.07, 6.45) is 5.51. The predicted molar refractivity (Wildman–Crippen MR) is 79.1 cm³/mol. The Morgan fingerprint density at radius 2 is 1.61 bits per heavy atom. The van der Waals surface area contributed by atoms with Crippen molar-refractivity contribution in [1.29, 1.82) is 0 Å². The van der Waals surface area contributed by atoms with E-state index in [1.54, 1.807) is 0 Å². The van der Waals surface area contributed by atoms with E-state index in [9.17, 15) is 0 Å². The average molecular weight is 247 g/mol. The van der Waals surface area contributed by atoms with Gasteiger partial charge in [0.25, 0.3) is 0 Å². The van der Waals surface area contributed by atoms with Crippen LogP contribution in [-0.2, 0) is 6.42 Å². The van der Waals surface area contributed by atoms with Gasteiger partial charge in [0.15, 0.2) is 0 Å². The Kier molecular flexibility index (Phi) is 6.65. The fraction of sp³-hybridized carbons (Fsp3) is 0.467. The van der Waals surface area contributed by atoms with E-state index < -0.39 is 0 Å². The van der Waals surface area contributed by atoms with Gasteiger partial charge >= 0.3 is 0 Å². The number of rotatable bonds is 8. The topological polar surface area (TPSA) is 78.1 Å². The molecule has 0 saturated heterocycles. The SMILES string of the molecule is C=Cc1ccc(CC(N)CCC(N)CCN)cc1. The third-order valence-electron chi connectivity index (χ3n) is 3.16. The fourth-order valence-corrected chi connectivity index (χ4v) is 1.98. The molecular weight excluding hydrogens is 222 g/mol. The smallest absolute Gasteiger partial charge is 0.00798 e. The van der Waals surface area contributed by atoms with Crippen LogP contribution in [0.3, 0.4) is 0 Å². The molecule has 0 aliphatic rings. The summed E-state index contributed by atoms with van der Waals surface area (Å²) in [6, 6.07) is 8.70. The molecule has 0 saturated carbocycles. The molecule has 0 aromatic heterocycles. The Hall–Kier alpha value is -1.16. The first-order valence-corrected chi connectivity index (χ1v) is 6.58. The molecule has 2 atom stereocenters. The molecule has 1 aromatic carbocycles. The van der Waals surface area contributed by atoms with Gasteiger partial charge in [-0.3, -0.25) is 0 Å². The van der Waals surface area contributed by atoms with Gasteiger partial charge in [0.2, 0.25) is 0 Å². The van der Waals surface area contributed by atoms with Gasteiger partial charge in [-0.15, -0.1) is 0 Å². The second kappa shape index (κ2) is 8.03. The maximum atomic E-state index is 6.11. The lowest BCUT2D eigenvalue weighted by molar-refractivity contribution is 0.499. The molecule has 0 aliphatic heterocycles. The molecule has 0 radical (unpaired) electrons. The van der Waals surface area contributed by atoms with Crippen molar-refractivity contribution in [2.24, 2.45) is 17.2 Å². The Morgan fingerprint density at radius 3 is 2.17 bits per heavy atom. The number of hydrogen-bond acceptors (Lipinski definition) is 3. The summed E-state index contributed by atoms with van der Waals surface area (Å²) in [4.78, 5) is 0. The normalized spacial score (nSPS) is 14.2. The molecule has 0 amide bonds. The van der Waals surface area contributed by atoms with E-state index in [2.05, 4.69) is 30.8 Å². The highest BCUT2D eigenvalue weighted by Gasteiger charge is 2.07. The van der Waals surface area contributed by atoms with Crippen LogP contribution in [0.1, 0.15) is 30.4 Å². The molecule has 0 fully saturated rings. The van der Waals surface area contributed by atoms with Gasteiger partial charge in [0.1, 0.15) is 0 Å². The molecule has 0 spiro atoms. The zero-order chi connectivity index (χ0) is 13.4. The van der Waals surface area contributed by atoms with Crippen LogP contribution < -0.4 is 17.2 Å². The van der Waals surface area contributed by atoms with E-state index in [-0.39, 0.29) is 12.1 Å². The third kappa shape index (κ3) is 5.45. The molecule has 6 N–H and O–H groups in total. The Bertz CT molecular complexity index is 345. The Morgan fingerprint density at radius 1 is 1.00 bits per heavy atom. The highest BCUT2D eigenvalue weighted by atomic mass is 14.7. The highest BCUT2D eigenvalue weighted by molar-refractivity contribution is 5.47. The molecule has 1 aromatic rings. The highest BCUT2D eigenvalue weighted by Crippen LogP contribution is 2.10. The van der Waals surface area contributed by atoms with Gasteiger partial charge in [-0.05, 0) is 43.4 Å². The number of nitrogens with two attached hydrogens (primary N) is 3. The molecule has 3 heteroatoms. The molecule has 3 nitrogen and oxygen atoms in total. The second-order valence-corrected chi connectivity index (χ2v) is 4.82. The third-order valence-corrected chi connectivity index (χ3v) is 3.16. The van der Waals surface area contributed by atoms with E-state index in [4.69, 9.17) is 17.2 Å². The van der Waals surface area contributed by atoms with Crippen molar-refractivity contribution in [3.05, 3.63) is 42.0 Å². The maximum absolute atomic E-state index is 6.11. The molecule has 0 aliphatic carbocycles. The van der Waals surface area contributed by atoms with Gasteiger partial charge in [0, 0.05) is 12.1 Å². The first-order valence-electron chi connectivity index (χ1n) is 6.58. The van der Waals surface area contributed by atoms with Crippen LogP contribution >= 0.6 is 0 Å². The Labute approximate surface area is 110 Å². The van der Waals surface area contributed by atoms with Crippen LogP contribution in [0.25, 0.3) is 6.08 Å². The van der Waals surface area contributed by atoms with Crippen LogP contribution in [0.15, 0.2) is 30.8 Å². The van der Waals surface area contributed by atoms with E-state index >= 15 is 0 Å². The molecule has 18 heavy (non-hydrogen) atoms. The fourth-order valence-electron chi connectivity index (χ4n) is 1.98. The first kappa shape index (κ1) is 14.9. The summed E-state index contributed by atoms with van der Waals surface area (Å²) in [5, 5.41) is 0. The minimum absolute atomic E-state index is 0.170. The van der Waals surface area contributed by atoms with E-state index in [0.29, 0.717) is 6.54 Å². The van der Waals surface area contributed by atoms with Crippen molar-refractivity contribution in [2.75, 3.05) is 6.54 Å². The van der Waals surface area contributed by atoms with Crippen LogP contribution in [0.4, 0.5) is 0 Å². The van der Waals surface area contributed by atoms with Gasteiger partial charge in [-0.2, -0.15) is 0 Å². The minimum atomic E-state index is 0.170. The van der Waals surface area contributed by atoms with E-state index in [1.807, 2.05) is 6.08 Å². The van der Waals surface area contributed by atoms with E-state index in [1.165, 1.54) is 5.56 Å². The Balaban J connectivity index is 2.34. The number of hydrogen-bond donors (Lipinski definition) is 3. The summed E-state index contributed by atoms with van der Waals surface area (Å²) in [5.74, 6) is 0. The average Bonchev–Trinajstić information content (AvgIpc) is 2.38. The van der Waals surface area contributed by atoms with Crippen LogP contribution in [0.5, 0.6) is 0 Å². The number of benzene rings is 1. The summed E-state index contributed by atoms with van der Waals surface area (Å²) in [5.41, 5.74) is 19.9. The standard InChI is InChI=1S/C15H25N3/c1-2-12-3-5-13(6-4-12)11-15(18)8-7-14(17)9-10-16/h2-6,14-15H,1,7-11,16-18H2. The van der Waals surface area contributed by atoms with Crippen LogP contribution in [0.2, 0.25) is 0 Å². The van der Waals surface area contributed by atoms with Crippen molar-refractivity contribution < 1.29 is 0 Å². The molecule has 0 bridgehead atoms. The molecule has 2 unspecified atom stereocenters. The zero-order valence-electron chi connectivity index (χ0n) is 11.0. The van der Waals surface area contributed by atoms with Crippen molar-refractivity contribution in [3.63, 3.8) is 0 Å². The molecule has 1 rings (SSSR count). The predicted octanol–water partition coefficient (Wildman–Crippen LogP) is 1.66.